The highest BCUT2D eigenvalue weighted by Crippen LogP contribution is 2.38. The highest BCUT2D eigenvalue weighted by Gasteiger charge is 2.43. The molecule has 0 bridgehead atoms. The molecule has 7 nitrogen and oxygen atoms in total. The maximum Gasteiger partial charge on any atom is 0.255 e. The number of anilines is 2. The monoisotopic (exact) mass is 393 g/mol. The van der Waals surface area contributed by atoms with E-state index in [0.717, 1.165) is 50.1 Å². The van der Waals surface area contributed by atoms with E-state index in [4.69, 9.17) is 0 Å². The van der Waals surface area contributed by atoms with Crippen LogP contribution in [0.1, 0.15) is 35.2 Å². The van der Waals surface area contributed by atoms with Crippen LogP contribution in [0.4, 0.5) is 11.5 Å². The van der Waals surface area contributed by atoms with Crippen molar-refractivity contribution in [2.75, 3.05) is 30.3 Å². The first-order chi connectivity index (χ1) is 14.2. The predicted molar refractivity (Wildman–Crippen MR) is 111 cm³/mol. The summed E-state index contributed by atoms with van der Waals surface area (Å²) in [6.45, 7) is 2.39. The highest BCUT2D eigenvalue weighted by molar-refractivity contribution is 6.00. The maximum atomic E-state index is 13.3. The smallest absolute Gasteiger partial charge is 0.255 e. The Hall–Kier alpha value is -2.67. The number of aliphatic hydroxyl groups excluding tert-OH is 1. The van der Waals surface area contributed by atoms with Crippen molar-refractivity contribution in [3.8, 4) is 0 Å². The van der Waals surface area contributed by atoms with E-state index in [1.165, 1.54) is 5.56 Å². The van der Waals surface area contributed by atoms with Gasteiger partial charge >= 0.3 is 0 Å². The second-order valence-corrected chi connectivity index (χ2v) is 8.48. The number of carbonyl (C=O) groups is 1. The Morgan fingerprint density at radius 2 is 2.07 bits per heavy atom. The molecule has 4 atom stereocenters. The number of benzene rings is 1. The number of carbonyl (C=O) groups excluding carboxylic acids is 1. The van der Waals surface area contributed by atoms with Gasteiger partial charge in [-0.15, -0.1) is 0 Å². The van der Waals surface area contributed by atoms with Crippen LogP contribution in [0.3, 0.4) is 0 Å². The first kappa shape index (κ1) is 18.4. The first-order valence-corrected chi connectivity index (χ1v) is 10.5. The summed E-state index contributed by atoms with van der Waals surface area (Å²) in [6.07, 6.45) is 8.18. The van der Waals surface area contributed by atoms with E-state index in [2.05, 4.69) is 26.7 Å². The minimum Gasteiger partial charge on any atom is -0.391 e. The lowest BCUT2D eigenvalue weighted by atomic mass is 9.77. The number of likely N-dealkylation sites (tertiary alicyclic amines) is 1. The van der Waals surface area contributed by atoms with E-state index >= 15 is 0 Å². The van der Waals surface area contributed by atoms with Gasteiger partial charge in [-0.1, -0.05) is 12.1 Å². The third-order valence-corrected chi connectivity index (χ3v) is 6.63. The molecule has 0 radical (unpaired) electrons. The number of para-hydroxylation sites is 1. The molecule has 152 valence electrons. The molecule has 1 aliphatic carbocycles. The third kappa shape index (κ3) is 3.55. The van der Waals surface area contributed by atoms with Crippen LogP contribution in [0.2, 0.25) is 0 Å². The Balaban J connectivity index is 1.29. The standard InChI is InChI=1S/C22H27N5O2/c28-19-10-16-13-27(12-15(16)9-18(19)26-20-11-23-7-8-24-20)22(29)17-5-1-3-14-4-2-6-25-21(14)17/h1,3,5,7-8,11,15-16,18-19,25,28H,2,4,6,9-10,12-13H2,(H,24,26)/t15-,16+,18-,19-/m1/s1. The van der Waals surface area contributed by atoms with Crippen LogP contribution in [0.25, 0.3) is 0 Å². The number of nitrogens with one attached hydrogen (secondary N) is 2. The van der Waals surface area contributed by atoms with Crippen LogP contribution < -0.4 is 10.6 Å². The molecule has 1 saturated carbocycles. The Morgan fingerprint density at radius 3 is 2.90 bits per heavy atom. The maximum absolute atomic E-state index is 13.3. The van der Waals surface area contributed by atoms with Crippen molar-refractivity contribution in [3.05, 3.63) is 47.9 Å². The molecule has 1 aromatic carbocycles. The average molecular weight is 393 g/mol. The zero-order chi connectivity index (χ0) is 19.8. The van der Waals surface area contributed by atoms with E-state index in [9.17, 15) is 9.90 Å². The molecule has 1 aromatic heterocycles. The lowest BCUT2D eigenvalue weighted by molar-refractivity contribution is 0.0727. The van der Waals surface area contributed by atoms with Gasteiger partial charge < -0.3 is 20.6 Å². The summed E-state index contributed by atoms with van der Waals surface area (Å²) in [4.78, 5) is 23.6. The molecule has 2 aromatic rings. The third-order valence-electron chi connectivity index (χ3n) is 6.63. The van der Waals surface area contributed by atoms with Crippen LogP contribution in [-0.2, 0) is 6.42 Å². The van der Waals surface area contributed by atoms with Crippen LogP contribution in [0.5, 0.6) is 0 Å². The molecule has 2 fully saturated rings. The first-order valence-electron chi connectivity index (χ1n) is 10.5. The highest BCUT2D eigenvalue weighted by atomic mass is 16.3. The minimum atomic E-state index is -0.445. The zero-order valence-electron chi connectivity index (χ0n) is 16.4. The Labute approximate surface area is 170 Å². The predicted octanol–water partition coefficient (Wildman–Crippen LogP) is 2.16. The van der Waals surface area contributed by atoms with E-state index in [1.807, 2.05) is 17.0 Å². The van der Waals surface area contributed by atoms with Crippen molar-refractivity contribution < 1.29 is 9.90 Å². The minimum absolute atomic E-state index is 0.0610. The molecule has 3 N–H and O–H groups in total. The van der Waals surface area contributed by atoms with Gasteiger partial charge in [0.15, 0.2) is 0 Å². The topological polar surface area (TPSA) is 90.4 Å². The van der Waals surface area contributed by atoms with Crippen molar-refractivity contribution in [1.82, 2.24) is 14.9 Å². The summed E-state index contributed by atoms with van der Waals surface area (Å²) in [7, 11) is 0. The summed E-state index contributed by atoms with van der Waals surface area (Å²) in [5.74, 6) is 1.53. The molecule has 0 spiro atoms. The molecule has 3 aliphatic rings. The lowest BCUT2D eigenvalue weighted by Gasteiger charge is -2.35. The number of aryl methyl sites for hydroxylation is 1. The van der Waals surface area contributed by atoms with Crippen molar-refractivity contribution in [3.63, 3.8) is 0 Å². The fourth-order valence-electron chi connectivity index (χ4n) is 5.17. The SMILES string of the molecule is O=C(c1cccc2c1NCCC2)N1C[C@H]2C[C@@H](Nc3cnccn3)[C@H](O)C[C@H]2C1. The van der Waals surface area contributed by atoms with Crippen LogP contribution in [0.15, 0.2) is 36.8 Å². The number of fused-ring (bicyclic) bond motifs is 2. The fourth-order valence-corrected chi connectivity index (χ4v) is 5.17. The largest absolute Gasteiger partial charge is 0.391 e. The van der Waals surface area contributed by atoms with Crippen LogP contribution in [0, 0.1) is 11.8 Å². The number of nitrogens with zero attached hydrogens (tertiary/aromatic N) is 3. The Kier molecular flexibility index (Phi) is 4.83. The molecule has 1 saturated heterocycles. The van der Waals surface area contributed by atoms with Gasteiger partial charge in [-0.2, -0.15) is 0 Å². The molecule has 2 aliphatic heterocycles. The van der Waals surface area contributed by atoms with Gasteiger partial charge in [-0.25, -0.2) is 4.98 Å². The quantitative estimate of drug-likeness (QED) is 0.740. The number of aliphatic hydroxyl groups is 1. The number of hydrogen-bond donors (Lipinski definition) is 3. The molecule has 3 heterocycles. The molecule has 7 heteroatoms. The molecular formula is C22H27N5O2. The van der Waals surface area contributed by atoms with E-state index in [0.29, 0.717) is 24.1 Å². The summed E-state index contributed by atoms with van der Waals surface area (Å²) < 4.78 is 0. The van der Waals surface area contributed by atoms with Crippen molar-refractivity contribution in [2.24, 2.45) is 11.8 Å². The van der Waals surface area contributed by atoms with Crippen LogP contribution >= 0.6 is 0 Å². The zero-order valence-corrected chi connectivity index (χ0v) is 16.4. The Bertz CT molecular complexity index is 890. The van der Waals surface area contributed by atoms with E-state index in [-0.39, 0.29) is 11.9 Å². The van der Waals surface area contributed by atoms with Crippen LogP contribution in [-0.4, -0.2) is 57.7 Å². The van der Waals surface area contributed by atoms with Gasteiger partial charge in [-0.3, -0.25) is 9.78 Å². The van der Waals surface area contributed by atoms with Gasteiger partial charge in [0.05, 0.1) is 29.6 Å². The van der Waals surface area contributed by atoms with Gasteiger partial charge in [0.25, 0.3) is 5.91 Å². The number of aromatic nitrogens is 2. The molecular weight excluding hydrogens is 366 g/mol. The van der Waals surface area contributed by atoms with Gasteiger partial charge in [0.1, 0.15) is 5.82 Å². The number of amides is 1. The van der Waals surface area contributed by atoms with Gasteiger partial charge in [-0.05, 0) is 49.1 Å². The summed E-state index contributed by atoms with van der Waals surface area (Å²) in [5.41, 5.74) is 3.04. The van der Waals surface area contributed by atoms with Crippen molar-refractivity contribution in [1.29, 1.82) is 0 Å². The van der Waals surface area contributed by atoms with Gasteiger partial charge in [0.2, 0.25) is 0 Å². The van der Waals surface area contributed by atoms with Crippen molar-refractivity contribution >= 4 is 17.4 Å². The Morgan fingerprint density at radius 1 is 1.21 bits per heavy atom. The fraction of sp³-hybridized carbons (Fsp3) is 0.500. The van der Waals surface area contributed by atoms with Crippen molar-refractivity contribution in [2.45, 2.75) is 37.8 Å². The molecule has 1 amide bonds. The lowest BCUT2D eigenvalue weighted by Crippen LogP contribution is -2.43. The average Bonchev–Trinajstić information content (AvgIpc) is 3.16. The molecule has 29 heavy (non-hydrogen) atoms. The summed E-state index contributed by atoms with van der Waals surface area (Å²) in [5, 5.41) is 17.4. The molecule has 5 rings (SSSR count). The van der Waals surface area contributed by atoms with E-state index < -0.39 is 6.10 Å². The summed E-state index contributed by atoms with van der Waals surface area (Å²) in [6, 6.07) is 5.98. The number of hydrogen-bond acceptors (Lipinski definition) is 6. The second kappa shape index (κ2) is 7.63. The molecule has 0 unspecified atom stereocenters. The van der Waals surface area contributed by atoms with Gasteiger partial charge in [0, 0.05) is 32.0 Å². The number of rotatable bonds is 3. The normalized spacial score (nSPS) is 28.2. The second-order valence-electron chi connectivity index (χ2n) is 8.48. The van der Waals surface area contributed by atoms with E-state index in [1.54, 1.807) is 18.6 Å². The summed E-state index contributed by atoms with van der Waals surface area (Å²) >= 11 is 0.